The molecular formula is C20H23NO2. The van der Waals surface area contributed by atoms with E-state index in [1.165, 1.54) is 0 Å². The Labute approximate surface area is 138 Å². The number of hydrogen-bond donors (Lipinski definition) is 0. The molecule has 2 atom stereocenters. The summed E-state index contributed by atoms with van der Waals surface area (Å²) in [5.41, 5.74) is 1.78. The molecule has 0 saturated carbocycles. The average molecular weight is 309 g/mol. The Hall–Kier alpha value is -2.60. The molecule has 0 fully saturated rings. The Morgan fingerprint density at radius 2 is 1.96 bits per heavy atom. The van der Waals surface area contributed by atoms with Gasteiger partial charge in [-0.25, -0.2) is 0 Å². The third kappa shape index (κ3) is 5.27. The summed E-state index contributed by atoms with van der Waals surface area (Å²) in [5, 5.41) is 9.59. The Morgan fingerprint density at radius 3 is 2.43 bits per heavy atom. The molecule has 1 aromatic rings. The van der Waals surface area contributed by atoms with Crippen molar-refractivity contribution in [3.05, 3.63) is 72.4 Å². The van der Waals surface area contributed by atoms with Gasteiger partial charge in [-0.15, -0.1) is 0 Å². The van der Waals surface area contributed by atoms with Crippen molar-refractivity contribution in [1.82, 2.24) is 0 Å². The molecule has 0 aliphatic rings. The first-order valence-electron chi connectivity index (χ1n) is 7.65. The van der Waals surface area contributed by atoms with E-state index in [1.54, 1.807) is 26.0 Å². The van der Waals surface area contributed by atoms with Crippen LogP contribution in [0.3, 0.4) is 0 Å². The fourth-order valence-electron chi connectivity index (χ4n) is 2.37. The zero-order valence-electron chi connectivity index (χ0n) is 13.9. The zero-order chi connectivity index (χ0) is 17.2. The predicted octanol–water partition coefficient (Wildman–Crippen LogP) is 4.55. The van der Waals surface area contributed by atoms with Crippen molar-refractivity contribution in [2.24, 2.45) is 5.92 Å². The normalized spacial score (nSPS) is 14.3. The molecule has 2 unspecified atom stereocenters. The second-order valence-corrected chi connectivity index (χ2v) is 5.36. The molecule has 0 bridgehead atoms. The maximum Gasteiger partial charge on any atom is 0.324 e. The molecule has 0 spiro atoms. The maximum absolute atomic E-state index is 12.4. The number of hydrogen-bond acceptors (Lipinski definition) is 3. The van der Waals surface area contributed by atoms with Crippen LogP contribution in [-0.2, 0) is 9.53 Å². The molecule has 3 nitrogen and oxygen atoms in total. The molecule has 1 aromatic carbocycles. The van der Waals surface area contributed by atoms with Gasteiger partial charge in [0.25, 0.3) is 0 Å². The summed E-state index contributed by atoms with van der Waals surface area (Å²) in [5.74, 6) is -1.78. The van der Waals surface area contributed by atoms with Crippen molar-refractivity contribution in [2.75, 3.05) is 0 Å². The van der Waals surface area contributed by atoms with Crippen molar-refractivity contribution in [3.63, 3.8) is 0 Å². The van der Waals surface area contributed by atoms with Crippen LogP contribution >= 0.6 is 0 Å². The van der Waals surface area contributed by atoms with E-state index in [1.807, 2.05) is 49.4 Å². The lowest BCUT2D eigenvalue weighted by atomic mass is 9.80. The van der Waals surface area contributed by atoms with Crippen LogP contribution in [0.25, 0.3) is 0 Å². The second-order valence-electron chi connectivity index (χ2n) is 5.36. The third-order valence-corrected chi connectivity index (χ3v) is 3.35. The van der Waals surface area contributed by atoms with E-state index in [-0.39, 0.29) is 12.0 Å². The molecule has 120 valence electrons. The topological polar surface area (TPSA) is 50.1 Å². The molecule has 0 radical (unpaired) electrons. The van der Waals surface area contributed by atoms with Crippen LogP contribution in [0.4, 0.5) is 0 Å². The van der Waals surface area contributed by atoms with Gasteiger partial charge in [0, 0.05) is 5.92 Å². The molecule has 0 aromatic heterocycles. The molecule has 0 amide bonds. The van der Waals surface area contributed by atoms with Crippen LogP contribution in [0.15, 0.2) is 66.8 Å². The number of ether oxygens (including phenoxy) is 1. The van der Waals surface area contributed by atoms with Crippen molar-refractivity contribution >= 4 is 5.97 Å². The van der Waals surface area contributed by atoms with Crippen molar-refractivity contribution < 1.29 is 9.53 Å². The predicted molar refractivity (Wildman–Crippen MR) is 92.6 cm³/mol. The number of allylic oxidation sites excluding steroid dienone is 5. The van der Waals surface area contributed by atoms with E-state index in [0.717, 1.165) is 11.1 Å². The molecule has 0 aliphatic carbocycles. The summed E-state index contributed by atoms with van der Waals surface area (Å²) >= 11 is 0. The van der Waals surface area contributed by atoms with Crippen LogP contribution in [0.1, 0.15) is 32.3 Å². The van der Waals surface area contributed by atoms with Gasteiger partial charge in [-0.05, 0) is 31.9 Å². The van der Waals surface area contributed by atoms with E-state index < -0.39 is 11.9 Å². The Kier molecular flexibility index (Phi) is 7.56. The third-order valence-electron chi connectivity index (χ3n) is 3.35. The van der Waals surface area contributed by atoms with E-state index in [0.29, 0.717) is 0 Å². The SMILES string of the molecule is C=C/C=C\C(=C/C)C(c1ccccc1)C(C#N)C(=O)OC(C)C. The standard InChI is InChI=1S/C20H23NO2/c1-5-7-11-16(6-2)19(17-12-9-8-10-13-17)18(14-21)20(22)23-15(3)4/h5-13,15,18-19H,1H2,2-4H3/b11-7-,16-6+. The molecule has 0 saturated heterocycles. The second kappa shape index (κ2) is 9.42. The Balaban J connectivity index is 3.33. The van der Waals surface area contributed by atoms with Gasteiger partial charge in [-0.3, -0.25) is 4.79 Å². The summed E-state index contributed by atoms with van der Waals surface area (Å²) < 4.78 is 5.27. The largest absolute Gasteiger partial charge is 0.462 e. The lowest BCUT2D eigenvalue weighted by molar-refractivity contribution is -0.150. The summed E-state index contributed by atoms with van der Waals surface area (Å²) in [6.07, 6.45) is 6.99. The fraction of sp³-hybridized carbons (Fsp3) is 0.300. The van der Waals surface area contributed by atoms with Crippen LogP contribution in [0.5, 0.6) is 0 Å². The number of esters is 1. The van der Waals surface area contributed by atoms with Gasteiger partial charge in [0.2, 0.25) is 0 Å². The van der Waals surface area contributed by atoms with Gasteiger partial charge in [-0.2, -0.15) is 5.26 Å². The molecular weight excluding hydrogens is 286 g/mol. The lowest BCUT2D eigenvalue weighted by Crippen LogP contribution is -2.26. The van der Waals surface area contributed by atoms with E-state index in [9.17, 15) is 10.1 Å². The lowest BCUT2D eigenvalue weighted by Gasteiger charge is -2.23. The summed E-state index contributed by atoms with van der Waals surface area (Å²) in [6.45, 7) is 9.11. The van der Waals surface area contributed by atoms with E-state index >= 15 is 0 Å². The Morgan fingerprint density at radius 1 is 1.30 bits per heavy atom. The van der Waals surface area contributed by atoms with Crippen LogP contribution in [-0.4, -0.2) is 12.1 Å². The van der Waals surface area contributed by atoms with Crippen molar-refractivity contribution in [2.45, 2.75) is 32.8 Å². The number of nitrogens with zero attached hydrogens (tertiary/aromatic N) is 1. The molecule has 0 N–H and O–H groups in total. The van der Waals surface area contributed by atoms with Gasteiger partial charge < -0.3 is 4.74 Å². The van der Waals surface area contributed by atoms with Gasteiger partial charge in [-0.1, -0.05) is 61.2 Å². The smallest absolute Gasteiger partial charge is 0.324 e. The minimum Gasteiger partial charge on any atom is -0.462 e. The van der Waals surface area contributed by atoms with E-state index in [2.05, 4.69) is 12.6 Å². The highest BCUT2D eigenvalue weighted by molar-refractivity contribution is 5.78. The first kappa shape index (κ1) is 18.4. The number of benzene rings is 1. The molecule has 1 rings (SSSR count). The molecule has 0 heterocycles. The minimum atomic E-state index is -0.902. The van der Waals surface area contributed by atoms with Gasteiger partial charge in [0.1, 0.15) is 0 Å². The van der Waals surface area contributed by atoms with Gasteiger partial charge in [0.15, 0.2) is 5.92 Å². The molecule has 3 heteroatoms. The van der Waals surface area contributed by atoms with Crippen molar-refractivity contribution in [1.29, 1.82) is 5.26 Å². The Bertz CT molecular complexity index is 621. The highest BCUT2D eigenvalue weighted by Crippen LogP contribution is 2.33. The first-order chi connectivity index (χ1) is 11.0. The highest BCUT2D eigenvalue weighted by atomic mass is 16.5. The van der Waals surface area contributed by atoms with Crippen LogP contribution in [0, 0.1) is 17.2 Å². The summed E-state index contributed by atoms with van der Waals surface area (Å²) in [4.78, 5) is 12.4. The number of carbonyl (C=O) groups is 1. The van der Waals surface area contributed by atoms with E-state index in [4.69, 9.17) is 4.74 Å². The monoisotopic (exact) mass is 309 g/mol. The number of nitriles is 1. The zero-order valence-corrected chi connectivity index (χ0v) is 13.9. The first-order valence-corrected chi connectivity index (χ1v) is 7.65. The van der Waals surface area contributed by atoms with Crippen LogP contribution in [0.2, 0.25) is 0 Å². The fourth-order valence-corrected chi connectivity index (χ4v) is 2.37. The number of carbonyl (C=O) groups excluding carboxylic acids is 1. The van der Waals surface area contributed by atoms with Gasteiger partial charge >= 0.3 is 5.97 Å². The molecule has 0 aliphatic heterocycles. The quantitative estimate of drug-likeness (QED) is 0.548. The summed E-state index contributed by atoms with van der Waals surface area (Å²) in [6, 6.07) is 11.7. The number of rotatable bonds is 7. The highest BCUT2D eigenvalue weighted by Gasteiger charge is 2.33. The summed E-state index contributed by atoms with van der Waals surface area (Å²) in [7, 11) is 0. The van der Waals surface area contributed by atoms with Gasteiger partial charge in [0.05, 0.1) is 12.2 Å². The molecule has 23 heavy (non-hydrogen) atoms. The maximum atomic E-state index is 12.4. The van der Waals surface area contributed by atoms with Crippen molar-refractivity contribution in [3.8, 4) is 6.07 Å². The minimum absolute atomic E-state index is 0.257. The van der Waals surface area contributed by atoms with Crippen LogP contribution < -0.4 is 0 Å². The average Bonchev–Trinajstić information content (AvgIpc) is 2.54.